The normalized spacial score (nSPS) is 17.9. The van der Waals surface area contributed by atoms with Gasteiger partial charge in [-0.05, 0) is 37.5 Å². The maximum atomic E-state index is 11.8. The number of carbonyl (C=O) groups excluding carboxylic acids is 1. The summed E-state index contributed by atoms with van der Waals surface area (Å²) in [6.45, 7) is 7.93. The number of fused-ring (bicyclic) bond motifs is 2. The number of nitrogens with zero attached hydrogens (tertiary/aromatic N) is 7. The van der Waals surface area contributed by atoms with E-state index in [4.69, 9.17) is 19.8 Å². The molecule has 2 aliphatic rings. The van der Waals surface area contributed by atoms with Crippen LogP contribution in [0.2, 0.25) is 0 Å². The van der Waals surface area contributed by atoms with Crippen LogP contribution >= 0.6 is 0 Å². The van der Waals surface area contributed by atoms with Gasteiger partial charge in [0.25, 0.3) is 0 Å². The second kappa shape index (κ2) is 9.93. The molecule has 3 aromatic heterocycles. The Balaban J connectivity index is 1.36. The Morgan fingerprint density at radius 3 is 2.62 bits per heavy atom. The van der Waals surface area contributed by atoms with Crippen LogP contribution in [0.1, 0.15) is 44.3 Å². The number of hydrogen-bond acceptors (Lipinski definition) is 8. The summed E-state index contributed by atoms with van der Waals surface area (Å²) < 4.78 is 7.66. The number of amides is 1. The number of piperazine rings is 1. The molecule has 6 rings (SSSR count). The first-order valence-electron chi connectivity index (χ1n) is 13.0. The fraction of sp³-hybridized carbons (Fsp3) is 0.444. The van der Waals surface area contributed by atoms with Crippen molar-refractivity contribution in [2.45, 2.75) is 38.8 Å². The van der Waals surface area contributed by atoms with Crippen LogP contribution in [0, 0.1) is 0 Å². The molecule has 5 heterocycles. The Hall–Kier alpha value is -3.79. The third-order valence-corrected chi connectivity index (χ3v) is 7.44. The van der Waals surface area contributed by atoms with Gasteiger partial charge in [-0.1, -0.05) is 18.2 Å². The van der Waals surface area contributed by atoms with E-state index >= 15 is 0 Å². The first-order valence-corrected chi connectivity index (χ1v) is 13.0. The van der Waals surface area contributed by atoms with Gasteiger partial charge in [0.05, 0.1) is 23.8 Å². The Labute approximate surface area is 215 Å². The Bertz CT molecular complexity index is 1420. The summed E-state index contributed by atoms with van der Waals surface area (Å²) in [7, 11) is 0. The first-order chi connectivity index (χ1) is 18.1. The smallest absolute Gasteiger partial charge is 0.228 e. The number of pyridine rings is 1. The molecule has 37 heavy (non-hydrogen) atoms. The van der Waals surface area contributed by atoms with Crippen molar-refractivity contribution in [3.05, 3.63) is 48.3 Å². The molecule has 1 N–H and O–H groups in total. The van der Waals surface area contributed by atoms with Gasteiger partial charge in [0.2, 0.25) is 11.9 Å². The number of anilines is 2. The van der Waals surface area contributed by atoms with E-state index in [2.05, 4.69) is 38.9 Å². The summed E-state index contributed by atoms with van der Waals surface area (Å²) in [5.74, 6) is 1.53. The molecule has 10 heteroatoms. The number of nitrogens with one attached hydrogen (secondary N) is 1. The van der Waals surface area contributed by atoms with Crippen molar-refractivity contribution >= 4 is 39.6 Å². The monoisotopic (exact) mass is 500 g/mol. The zero-order chi connectivity index (χ0) is 25.4. The quantitative estimate of drug-likeness (QED) is 0.444. The summed E-state index contributed by atoms with van der Waals surface area (Å²) in [6.07, 6.45) is 5.59. The topological polar surface area (TPSA) is 101 Å². The third kappa shape index (κ3) is 4.69. The van der Waals surface area contributed by atoms with E-state index in [0.717, 1.165) is 59.4 Å². The molecule has 2 fully saturated rings. The number of hydrogen-bond donors (Lipinski definition) is 1. The van der Waals surface area contributed by atoms with Crippen molar-refractivity contribution in [3.8, 4) is 0 Å². The van der Waals surface area contributed by atoms with Crippen LogP contribution in [-0.4, -0.2) is 74.9 Å². The van der Waals surface area contributed by atoms with Gasteiger partial charge in [0.1, 0.15) is 11.0 Å². The maximum absolute atomic E-state index is 11.8. The minimum absolute atomic E-state index is 0.0318. The van der Waals surface area contributed by atoms with E-state index in [9.17, 15) is 4.79 Å². The molecule has 1 atom stereocenters. The summed E-state index contributed by atoms with van der Waals surface area (Å²) in [6, 6.07) is 10.5. The zero-order valence-corrected chi connectivity index (χ0v) is 21.3. The molecule has 0 unspecified atom stereocenters. The molecule has 4 aromatic rings. The Morgan fingerprint density at radius 2 is 1.84 bits per heavy atom. The number of benzene rings is 1. The lowest BCUT2D eigenvalue weighted by Gasteiger charge is -2.34. The molecular weight excluding hydrogens is 468 g/mol. The highest BCUT2D eigenvalue weighted by molar-refractivity contribution is 5.87. The fourth-order valence-corrected chi connectivity index (χ4v) is 5.23. The van der Waals surface area contributed by atoms with Gasteiger partial charge < -0.3 is 19.9 Å². The van der Waals surface area contributed by atoms with Gasteiger partial charge in [0, 0.05) is 57.9 Å². The standard InChI is InChI=1S/C27H32N8O2/c1-18(21-15-20-5-3-4-6-23(20)28-16-21)30-26-25-24(17-29-35(25)22-7-13-37-14-8-22)31-27(32-26)34-11-9-33(10-12-34)19(2)36/h3-6,15-18,22H,7-14H2,1-2H3,(H,30,31,32)/t18-/m1/s1. The summed E-state index contributed by atoms with van der Waals surface area (Å²) in [5, 5.41) is 9.53. The van der Waals surface area contributed by atoms with Crippen LogP contribution in [-0.2, 0) is 9.53 Å². The molecule has 2 saturated heterocycles. The summed E-state index contributed by atoms with van der Waals surface area (Å²) in [5.41, 5.74) is 3.79. The Kier molecular flexibility index (Phi) is 6.33. The average molecular weight is 501 g/mol. The average Bonchev–Trinajstić information content (AvgIpc) is 3.38. The van der Waals surface area contributed by atoms with Crippen LogP contribution in [0.25, 0.3) is 21.9 Å². The molecule has 192 valence electrons. The lowest BCUT2D eigenvalue weighted by Crippen LogP contribution is -2.48. The summed E-state index contributed by atoms with van der Waals surface area (Å²) >= 11 is 0. The van der Waals surface area contributed by atoms with Gasteiger partial charge in [-0.15, -0.1) is 0 Å². The lowest BCUT2D eigenvalue weighted by atomic mass is 10.1. The fourth-order valence-electron chi connectivity index (χ4n) is 5.23. The number of carbonyl (C=O) groups is 1. The first kappa shape index (κ1) is 23.6. The molecule has 0 saturated carbocycles. The second-order valence-corrected chi connectivity index (χ2v) is 9.86. The number of para-hydroxylation sites is 1. The highest BCUT2D eigenvalue weighted by Crippen LogP contribution is 2.32. The van der Waals surface area contributed by atoms with Gasteiger partial charge in [0.15, 0.2) is 5.82 Å². The molecule has 10 nitrogen and oxygen atoms in total. The van der Waals surface area contributed by atoms with E-state index in [0.29, 0.717) is 32.1 Å². The van der Waals surface area contributed by atoms with Crippen molar-refractivity contribution in [1.82, 2.24) is 29.6 Å². The van der Waals surface area contributed by atoms with Crippen LogP contribution in [0.15, 0.2) is 42.7 Å². The van der Waals surface area contributed by atoms with Crippen LogP contribution < -0.4 is 10.2 Å². The van der Waals surface area contributed by atoms with Gasteiger partial charge >= 0.3 is 0 Å². The molecule has 2 aliphatic heterocycles. The molecule has 0 aliphatic carbocycles. The second-order valence-electron chi connectivity index (χ2n) is 9.86. The molecule has 0 spiro atoms. The predicted molar refractivity (Wildman–Crippen MR) is 143 cm³/mol. The summed E-state index contributed by atoms with van der Waals surface area (Å²) in [4.78, 5) is 30.4. The molecular formula is C27H32N8O2. The third-order valence-electron chi connectivity index (χ3n) is 7.44. The van der Waals surface area contributed by atoms with Crippen LogP contribution in [0.4, 0.5) is 11.8 Å². The number of aromatic nitrogens is 5. The van der Waals surface area contributed by atoms with E-state index < -0.39 is 0 Å². The maximum Gasteiger partial charge on any atom is 0.228 e. The van der Waals surface area contributed by atoms with E-state index in [1.807, 2.05) is 35.5 Å². The highest BCUT2D eigenvalue weighted by Gasteiger charge is 2.26. The highest BCUT2D eigenvalue weighted by atomic mass is 16.5. The molecule has 0 bridgehead atoms. The van der Waals surface area contributed by atoms with Crippen LogP contribution in [0.3, 0.4) is 0 Å². The lowest BCUT2D eigenvalue weighted by molar-refractivity contribution is -0.129. The van der Waals surface area contributed by atoms with Gasteiger partial charge in [-0.2, -0.15) is 10.1 Å². The molecule has 1 aromatic carbocycles. The van der Waals surface area contributed by atoms with E-state index in [-0.39, 0.29) is 18.0 Å². The number of ether oxygens (including phenoxy) is 1. The van der Waals surface area contributed by atoms with Crippen molar-refractivity contribution in [3.63, 3.8) is 0 Å². The minimum atomic E-state index is -0.0318. The van der Waals surface area contributed by atoms with Crippen molar-refractivity contribution in [2.24, 2.45) is 0 Å². The molecule has 1 amide bonds. The molecule has 0 radical (unpaired) electrons. The number of rotatable bonds is 5. The predicted octanol–water partition coefficient (Wildman–Crippen LogP) is 3.57. The zero-order valence-electron chi connectivity index (χ0n) is 21.3. The Morgan fingerprint density at radius 1 is 1.05 bits per heavy atom. The van der Waals surface area contributed by atoms with Crippen LogP contribution in [0.5, 0.6) is 0 Å². The van der Waals surface area contributed by atoms with Gasteiger partial charge in [-0.3, -0.25) is 14.5 Å². The minimum Gasteiger partial charge on any atom is -0.381 e. The van der Waals surface area contributed by atoms with E-state index in [1.165, 1.54) is 0 Å². The van der Waals surface area contributed by atoms with Crippen molar-refractivity contribution in [1.29, 1.82) is 0 Å². The van der Waals surface area contributed by atoms with Gasteiger partial charge in [-0.25, -0.2) is 4.98 Å². The SMILES string of the molecule is CC(=O)N1CCN(c2nc(N[C@H](C)c3cnc4ccccc4c3)c3c(cnn3C3CCOCC3)n2)CC1. The largest absolute Gasteiger partial charge is 0.381 e. The van der Waals surface area contributed by atoms with Crippen molar-refractivity contribution in [2.75, 3.05) is 49.6 Å². The van der Waals surface area contributed by atoms with E-state index in [1.54, 1.807) is 6.92 Å². The van der Waals surface area contributed by atoms with Crippen molar-refractivity contribution < 1.29 is 9.53 Å².